The highest BCUT2D eigenvalue weighted by Crippen LogP contribution is 2.30. The summed E-state index contributed by atoms with van der Waals surface area (Å²) in [6.45, 7) is 0. The molecule has 1 aromatic rings. The van der Waals surface area contributed by atoms with Crippen LogP contribution in [0, 0.1) is 5.82 Å². The van der Waals surface area contributed by atoms with Crippen LogP contribution in [-0.4, -0.2) is 30.2 Å². The van der Waals surface area contributed by atoms with Crippen LogP contribution in [0.1, 0.15) is 0 Å². The van der Waals surface area contributed by atoms with Gasteiger partial charge in [0.2, 0.25) is 0 Å². The molecule has 0 aliphatic heterocycles. The second kappa shape index (κ2) is 4.35. The fraction of sp³-hybridized carbons (Fsp3) is 0.222. The molecule has 0 radical (unpaired) electrons. The van der Waals surface area contributed by atoms with Gasteiger partial charge in [0, 0.05) is 26.2 Å². The predicted molar refractivity (Wildman–Crippen MR) is 52.8 cm³/mol. The highest BCUT2D eigenvalue weighted by atomic mass is 35.5. The number of halogens is 2. The van der Waals surface area contributed by atoms with Crippen molar-refractivity contribution in [3.63, 3.8) is 0 Å². The number of phenols is 1. The number of hydrogen-bond acceptors (Lipinski definition) is 3. The van der Waals surface area contributed by atoms with Gasteiger partial charge >= 0.3 is 6.09 Å². The highest BCUT2D eigenvalue weighted by Gasteiger charge is 2.13. The van der Waals surface area contributed by atoms with Gasteiger partial charge in [0.15, 0.2) is 11.6 Å². The van der Waals surface area contributed by atoms with E-state index in [4.69, 9.17) is 11.6 Å². The molecule has 0 heterocycles. The van der Waals surface area contributed by atoms with E-state index in [0.717, 1.165) is 17.0 Å². The number of hydrogen-bond donors (Lipinski definition) is 1. The van der Waals surface area contributed by atoms with E-state index in [1.54, 1.807) is 0 Å². The Kier molecular flexibility index (Phi) is 3.36. The van der Waals surface area contributed by atoms with E-state index in [1.165, 1.54) is 14.1 Å². The number of phenolic OH excluding ortho intramolecular Hbond substituents is 1. The van der Waals surface area contributed by atoms with Crippen molar-refractivity contribution in [3.05, 3.63) is 23.0 Å². The van der Waals surface area contributed by atoms with Gasteiger partial charge < -0.3 is 14.7 Å². The van der Waals surface area contributed by atoms with Crippen LogP contribution in [0.4, 0.5) is 9.18 Å². The molecule has 15 heavy (non-hydrogen) atoms. The molecular weight excluding hydrogens is 225 g/mol. The molecule has 0 fully saturated rings. The van der Waals surface area contributed by atoms with E-state index in [9.17, 15) is 14.3 Å². The van der Waals surface area contributed by atoms with Gasteiger partial charge in [-0.25, -0.2) is 9.18 Å². The van der Waals surface area contributed by atoms with Gasteiger partial charge in [-0.05, 0) is 0 Å². The maximum absolute atomic E-state index is 13.2. The minimum Gasteiger partial charge on any atom is -0.506 e. The van der Waals surface area contributed by atoms with E-state index in [2.05, 4.69) is 4.74 Å². The zero-order chi connectivity index (χ0) is 11.6. The third-order valence-electron chi connectivity index (χ3n) is 1.56. The number of ether oxygens (including phenoxy) is 1. The standard InChI is InChI=1S/C9H9ClFNO3/c1-12(2)9(14)15-8-4-7(13)5(10)3-6(8)11/h3-4,13H,1-2H3. The van der Waals surface area contributed by atoms with Crippen molar-refractivity contribution < 1.29 is 19.0 Å². The van der Waals surface area contributed by atoms with E-state index in [0.29, 0.717) is 0 Å². The molecule has 0 atom stereocenters. The lowest BCUT2D eigenvalue weighted by Crippen LogP contribution is -2.25. The van der Waals surface area contributed by atoms with Crippen LogP contribution in [0.25, 0.3) is 0 Å². The molecule has 0 aliphatic rings. The first kappa shape index (κ1) is 11.6. The van der Waals surface area contributed by atoms with Crippen molar-refractivity contribution in [1.29, 1.82) is 0 Å². The summed E-state index contributed by atoms with van der Waals surface area (Å²) in [5.41, 5.74) is 0. The number of amides is 1. The fourth-order valence-corrected chi connectivity index (χ4v) is 0.932. The third-order valence-corrected chi connectivity index (χ3v) is 1.87. The maximum atomic E-state index is 13.2. The van der Waals surface area contributed by atoms with Crippen LogP contribution in [0.5, 0.6) is 11.5 Å². The second-order valence-corrected chi connectivity index (χ2v) is 3.40. The molecule has 0 spiro atoms. The molecule has 6 heteroatoms. The van der Waals surface area contributed by atoms with Gasteiger partial charge in [-0.15, -0.1) is 0 Å². The van der Waals surface area contributed by atoms with Crippen molar-refractivity contribution in [2.75, 3.05) is 14.1 Å². The predicted octanol–water partition coefficient (Wildman–Crippen LogP) is 2.25. The van der Waals surface area contributed by atoms with Crippen molar-refractivity contribution in [2.24, 2.45) is 0 Å². The van der Waals surface area contributed by atoms with Crippen LogP contribution >= 0.6 is 11.6 Å². The molecule has 0 aliphatic carbocycles. The Balaban J connectivity index is 2.96. The first-order valence-electron chi connectivity index (χ1n) is 3.99. The number of carbonyl (C=O) groups is 1. The number of rotatable bonds is 1. The molecule has 1 amide bonds. The topological polar surface area (TPSA) is 49.8 Å². The highest BCUT2D eigenvalue weighted by molar-refractivity contribution is 6.32. The lowest BCUT2D eigenvalue weighted by Gasteiger charge is -2.11. The van der Waals surface area contributed by atoms with Crippen LogP contribution < -0.4 is 4.74 Å². The average Bonchev–Trinajstić information content (AvgIpc) is 2.13. The summed E-state index contributed by atoms with van der Waals surface area (Å²) in [5, 5.41) is 9.03. The zero-order valence-electron chi connectivity index (χ0n) is 8.12. The molecule has 0 aromatic heterocycles. The van der Waals surface area contributed by atoms with E-state index in [-0.39, 0.29) is 16.5 Å². The summed E-state index contributed by atoms with van der Waals surface area (Å²) in [6.07, 6.45) is -0.740. The number of aromatic hydroxyl groups is 1. The third kappa shape index (κ3) is 2.73. The Labute approximate surface area is 90.8 Å². The van der Waals surface area contributed by atoms with E-state index in [1.807, 2.05) is 0 Å². The second-order valence-electron chi connectivity index (χ2n) is 3.00. The van der Waals surface area contributed by atoms with E-state index >= 15 is 0 Å². The SMILES string of the molecule is CN(C)C(=O)Oc1cc(O)c(Cl)cc1F. The quantitative estimate of drug-likeness (QED) is 0.809. The summed E-state index contributed by atoms with van der Waals surface area (Å²) in [6, 6.07) is 1.81. The summed E-state index contributed by atoms with van der Waals surface area (Å²) in [4.78, 5) is 12.2. The molecule has 82 valence electrons. The van der Waals surface area contributed by atoms with Crippen molar-refractivity contribution >= 4 is 17.7 Å². The Bertz CT molecular complexity index is 395. The normalized spacial score (nSPS) is 9.87. The molecular formula is C9H9ClFNO3. The number of nitrogens with zero attached hydrogens (tertiary/aromatic N) is 1. The minimum absolute atomic E-state index is 0.142. The van der Waals surface area contributed by atoms with Crippen molar-refractivity contribution in [1.82, 2.24) is 4.90 Å². The van der Waals surface area contributed by atoms with Crippen LogP contribution in [0.3, 0.4) is 0 Å². The van der Waals surface area contributed by atoms with Gasteiger partial charge in [0.05, 0.1) is 5.02 Å². The maximum Gasteiger partial charge on any atom is 0.414 e. The summed E-state index contributed by atoms with van der Waals surface area (Å²) < 4.78 is 17.8. The zero-order valence-corrected chi connectivity index (χ0v) is 8.88. The van der Waals surface area contributed by atoms with Gasteiger partial charge in [0.25, 0.3) is 0 Å². The van der Waals surface area contributed by atoms with Crippen molar-refractivity contribution in [2.45, 2.75) is 0 Å². The number of benzene rings is 1. The molecule has 0 bridgehead atoms. The Morgan fingerprint density at radius 1 is 1.53 bits per heavy atom. The van der Waals surface area contributed by atoms with Crippen LogP contribution in [-0.2, 0) is 0 Å². The van der Waals surface area contributed by atoms with E-state index < -0.39 is 11.9 Å². The van der Waals surface area contributed by atoms with Crippen LogP contribution in [0.15, 0.2) is 12.1 Å². The molecule has 0 saturated heterocycles. The Morgan fingerprint density at radius 3 is 2.67 bits per heavy atom. The molecule has 0 saturated carbocycles. The average molecular weight is 234 g/mol. The molecule has 1 aromatic carbocycles. The molecule has 0 unspecified atom stereocenters. The Hall–Kier alpha value is -1.49. The molecule has 1 N–H and O–H groups in total. The lowest BCUT2D eigenvalue weighted by atomic mass is 10.3. The van der Waals surface area contributed by atoms with Gasteiger partial charge in [-0.1, -0.05) is 11.6 Å². The largest absolute Gasteiger partial charge is 0.506 e. The monoisotopic (exact) mass is 233 g/mol. The summed E-state index contributed by atoms with van der Waals surface area (Å²) >= 11 is 5.44. The smallest absolute Gasteiger partial charge is 0.414 e. The first-order valence-corrected chi connectivity index (χ1v) is 4.36. The first-order chi connectivity index (χ1) is 6.91. The molecule has 1 rings (SSSR count). The Morgan fingerprint density at radius 2 is 2.13 bits per heavy atom. The van der Waals surface area contributed by atoms with Crippen molar-refractivity contribution in [3.8, 4) is 11.5 Å². The van der Waals surface area contributed by atoms with Gasteiger partial charge in [0.1, 0.15) is 5.75 Å². The van der Waals surface area contributed by atoms with Gasteiger partial charge in [-0.3, -0.25) is 0 Å². The van der Waals surface area contributed by atoms with Gasteiger partial charge in [-0.2, -0.15) is 0 Å². The summed E-state index contributed by atoms with van der Waals surface area (Å²) in [5.74, 6) is -1.52. The summed E-state index contributed by atoms with van der Waals surface area (Å²) in [7, 11) is 2.91. The lowest BCUT2D eigenvalue weighted by molar-refractivity contribution is 0.169. The minimum atomic E-state index is -0.812. The fourth-order valence-electron chi connectivity index (χ4n) is 0.782. The van der Waals surface area contributed by atoms with Crippen LogP contribution in [0.2, 0.25) is 5.02 Å². The number of carbonyl (C=O) groups excluding carboxylic acids is 1. The molecule has 4 nitrogen and oxygen atoms in total.